The van der Waals surface area contributed by atoms with Gasteiger partial charge in [-0.2, -0.15) is 0 Å². The lowest BCUT2D eigenvalue weighted by atomic mass is 10.1. The Bertz CT molecular complexity index is 653. The van der Waals surface area contributed by atoms with Crippen LogP contribution in [0.4, 0.5) is 5.69 Å². The third-order valence-corrected chi connectivity index (χ3v) is 2.62. The number of phenols is 1. The molecule has 0 radical (unpaired) electrons. The van der Waals surface area contributed by atoms with Gasteiger partial charge in [-0.05, 0) is 23.8 Å². The van der Waals surface area contributed by atoms with Gasteiger partial charge >= 0.3 is 17.6 Å². The first kappa shape index (κ1) is 14.5. The Morgan fingerprint density at radius 2 is 1.81 bits per heavy atom. The minimum absolute atomic E-state index is 0.224. The van der Waals surface area contributed by atoms with Crippen LogP contribution in [-0.2, 0) is 19.1 Å². The van der Waals surface area contributed by atoms with Crippen molar-refractivity contribution in [2.75, 3.05) is 0 Å². The van der Waals surface area contributed by atoms with Crippen LogP contribution in [0.15, 0.2) is 23.8 Å². The maximum atomic E-state index is 11.7. The van der Waals surface area contributed by atoms with Gasteiger partial charge in [-0.1, -0.05) is 0 Å². The van der Waals surface area contributed by atoms with Crippen molar-refractivity contribution in [3.63, 3.8) is 0 Å². The molecule has 0 unspecified atom stereocenters. The van der Waals surface area contributed by atoms with Crippen LogP contribution < -0.4 is 0 Å². The van der Waals surface area contributed by atoms with E-state index in [1.54, 1.807) is 0 Å². The van der Waals surface area contributed by atoms with Gasteiger partial charge < -0.3 is 14.6 Å². The zero-order valence-corrected chi connectivity index (χ0v) is 11.2. The number of benzene rings is 1. The fourth-order valence-corrected chi connectivity index (χ4v) is 1.73. The molecule has 1 fully saturated rings. The Morgan fingerprint density at radius 3 is 2.29 bits per heavy atom. The summed E-state index contributed by atoms with van der Waals surface area (Å²) in [7, 11) is 0. The van der Waals surface area contributed by atoms with Crippen LogP contribution in [0.3, 0.4) is 0 Å². The molecule has 1 aliphatic rings. The molecule has 1 aromatic rings. The quantitative estimate of drug-likeness (QED) is 0.289. The van der Waals surface area contributed by atoms with Crippen molar-refractivity contribution in [1.82, 2.24) is 0 Å². The smallest absolute Gasteiger partial charge is 0.348 e. The predicted molar refractivity (Wildman–Crippen MR) is 69.0 cm³/mol. The van der Waals surface area contributed by atoms with Crippen molar-refractivity contribution in [1.29, 1.82) is 0 Å². The van der Waals surface area contributed by atoms with E-state index in [-0.39, 0.29) is 11.1 Å². The second-order valence-electron chi connectivity index (χ2n) is 4.74. The van der Waals surface area contributed by atoms with Crippen molar-refractivity contribution in [3.8, 4) is 5.75 Å². The van der Waals surface area contributed by atoms with Gasteiger partial charge in [0.25, 0.3) is 5.79 Å². The molecule has 0 aliphatic carbocycles. The number of nitro benzene ring substituents is 1. The molecule has 0 bridgehead atoms. The Hall–Kier alpha value is -2.90. The van der Waals surface area contributed by atoms with Crippen LogP contribution in [-0.4, -0.2) is 27.8 Å². The SMILES string of the molecule is CC1(C)OC(=O)C(=Cc2ccc([N+](=O)[O-])c(O)c2)C(=O)O1. The summed E-state index contributed by atoms with van der Waals surface area (Å²) in [4.78, 5) is 33.3. The topological polar surface area (TPSA) is 116 Å². The molecule has 0 amide bonds. The molecule has 110 valence electrons. The molecule has 1 heterocycles. The highest BCUT2D eigenvalue weighted by molar-refractivity contribution is 6.18. The van der Waals surface area contributed by atoms with Gasteiger partial charge in [-0.3, -0.25) is 10.1 Å². The van der Waals surface area contributed by atoms with E-state index in [4.69, 9.17) is 9.47 Å². The van der Waals surface area contributed by atoms with Crippen molar-refractivity contribution in [3.05, 3.63) is 39.4 Å². The molecule has 0 aromatic heterocycles. The van der Waals surface area contributed by atoms with Crippen molar-refractivity contribution < 1.29 is 29.1 Å². The second-order valence-corrected chi connectivity index (χ2v) is 4.74. The van der Waals surface area contributed by atoms with Crippen LogP contribution in [0.5, 0.6) is 5.75 Å². The zero-order valence-electron chi connectivity index (χ0n) is 11.2. The van der Waals surface area contributed by atoms with Gasteiger partial charge in [-0.15, -0.1) is 0 Å². The molecule has 1 aromatic carbocycles. The molecule has 0 saturated carbocycles. The number of phenolic OH excluding ortho intramolecular Hbond substituents is 1. The number of aromatic hydroxyl groups is 1. The largest absolute Gasteiger partial charge is 0.502 e. The number of carbonyl (C=O) groups excluding carboxylic acids is 2. The summed E-state index contributed by atoms with van der Waals surface area (Å²) >= 11 is 0. The molecular weight excluding hydrogens is 282 g/mol. The lowest BCUT2D eigenvalue weighted by Crippen LogP contribution is -2.41. The molecule has 0 atom stereocenters. The van der Waals surface area contributed by atoms with Gasteiger partial charge in [0, 0.05) is 19.9 Å². The van der Waals surface area contributed by atoms with E-state index in [2.05, 4.69) is 0 Å². The summed E-state index contributed by atoms with van der Waals surface area (Å²) in [5.41, 5.74) is -0.614. The lowest BCUT2D eigenvalue weighted by Gasteiger charge is -2.29. The Labute approximate surface area is 118 Å². The van der Waals surface area contributed by atoms with Gasteiger partial charge in [0.15, 0.2) is 5.75 Å². The number of ether oxygens (including phenoxy) is 2. The summed E-state index contributed by atoms with van der Waals surface area (Å²) in [6, 6.07) is 3.40. The van der Waals surface area contributed by atoms with E-state index < -0.39 is 34.1 Å². The molecule has 0 spiro atoms. The van der Waals surface area contributed by atoms with Crippen molar-refractivity contribution in [2.24, 2.45) is 0 Å². The fourth-order valence-electron chi connectivity index (χ4n) is 1.73. The number of hydrogen-bond acceptors (Lipinski definition) is 7. The highest BCUT2D eigenvalue weighted by atomic mass is 16.7. The highest BCUT2D eigenvalue weighted by Gasteiger charge is 2.38. The Morgan fingerprint density at radius 1 is 1.24 bits per heavy atom. The van der Waals surface area contributed by atoms with E-state index >= 15 is 0 Å². The average molecular weight is 293 g/mol. The molecule has 8 heteroatoms. The Kier molecular flexibility index (Phi) is 3.38. The summed E-state index contributed by atoms with van der Waals surface area (Å²) in [6.07, 6.45) is 1.13. The van der Waals surface area contributed by atoms with Gasteiger partial charge in [-0.25, -0.2) is 9.59 Å². The van der Waals surface area contributed by atoms with E-state index in [1.165, 1.54) is 19.9 Å². The van der Waals surface area contributed by atoms with Crippen LogP contribution in [0, 0.1) is 10.1 Å². The normalized spacial score (nSPS) is 17.0. The minimum atomic E-state index is -1.34. The number of hydrogen-bond donors (Lipinski definition) is 1. The first-order valence-corrected chi connectivity index (χ1v) is 5.85. The summed E-state index contributed by atoms with van der Waals surface area (Å²) in [5, 5.41) is 20.1. The molecule has 1 saturated heterocycles. The molecule has 1 aliphatic heterocycles. The Balaban J connectivity index is 2.36. The molecule has 21 heavy (non-hydrogen) atoms. The maximum Gasteiger partial charge on any atom is 0.348 e. The number of carbonyl (C=O) groups is 2. The highest BCUT2D eigenvalue weighted by Crippen LogP contribution is 2.29. The first-order chi connectivity index (χ1) is 9.69. The third kappa shape index (κ3) is 2.99. The van der Waals surface area contributed by atoms with E-state index in [0.717, 1.165) is 18.2 Å². The maximum absolute atomic E-state index is 11.7. The second kappa shape index (κ2) is 4.89. The van der Waals surface area contributed by atoms with E-state index in [1.807, 2.05) is 0 Å². The number of nitro groups is 1. The van der Waals surface area contributed by atoms with Gasteiger partial charge in [0.1, 0.15) is 5.57 Å². The predicted octanol–water partition coefficient (Wildman–Crippen LogP) is 1.52. The van der Waals surface area contributed by atoms with Crippen molar-refractivity contribution >= 4 is 23.7 Å². The summed E-state index contributed by atoms with van der Waals surface area (Å²) in [5.74, 6) is -3.65. The molecule has 1 N–H and O–H groups in total. The monoisotopic (exact) mass is 293 g/mol. The molecule has 2 rings (SSSR count). The number of nitrogens with zero attached hydrogens (tertiary/aromatic N) is 1. The minimum Gasteiger partial charge on any atom is -0.502 e. The average Bonchev–Trinajstić information content (AvgIpc) is 2.32. The van der Waals surface area contributed by atoms with Crippen molar-refractivity contribution in [2.45, 2.75) is 19.6 Å². The number of cyclic esters (lactones) is 2. The van der Waals surface area contributed by atoms with Gasteiger partial charge in [0.2, 0.25) is 0 Å². The van der Waals surface area contributed by atoms with E-state index in [9.17, 15) is 24.8 Å². The first-order valence-electron chi connectivity index (χ1n) is 5.85. The van der Waals surface area contributed by atoms with Crippen LogP contribution >= 0.6 is 0 Å². The van der Waals surface area contributed by atoms with Gasteiger partial charge in [0.05, 0.1) is 4.92 Å². The number of esters is 2. The summed E-state index contributed by atoms with van der Waals surface area (Å²) in [6.45, 7) is 2.83. The standard InChI is InChI=1S/C13H11NO7/c1-13(2)20-11(16)8(12(17)21-13)5-7-3-4-9(14(18)19)10(15)6-7/h3-6,15H,1-2H3. The fraction of sp³-hybridized carbons (Fsp3) is 0.231. The van der Waals surface area contributed by atoms with Crippen LogP contribution in [0.2, 0.25) is 0 Å². The number of rotatable bonds is 2. The third-order valence-electron chi connectivity index (χ3n) is 2.62. The van der Waals surface area contributed by atoms with Crippen LogP contribution in [0.1, 0.15) is 19.4 Å². The van der Waals surface area contributed by atoms with Crippen LogP contribution in [0.25, 0.3) is 6.08 Å². The summed E-state index contributed by atoms with van der Waals surface area (Å²) < 4.78 is 9.80. The molecular formula is C13H11NO7. The molecule has 8 nitrogen and oxygen atoms in total. The zero-order chi connectivity index (χ0) is 15.8. The lowest BCUT2D eigenvalue weighted by molar-refractivity contribution is -0.385. The van der Waals surface area contributed by atoms with E-state index in [0.29, 0.717) is 0 Å².